The third kappa shape index (κ3) is 3.91. The molecule has 7 nitrogen and oxygen atoms in total. The number of benzene rings is 1. The molecule has 2 atom stereocenters. The first-order valence-electron chi connectivity index (χ1n) is 10.7. The number of nitrogens with zero attached hydrogens (tertiary/aromatic N) is 5. The molecular formula is C24H28N5O2P. The minimum atomic E-state index is -2.28. The van der Waals surface area contributed by atoms with E-state index in [1.54, 1.807) is 43.1 Å². The summed E-state index contributed by atoms with van der Waals surface area (Å²) in [4.78, 5) is 21.8. The SMILES string of the molecule is C[C@@H]1CN(c2cc(=O)n(C)c3ccc(C#N)nc23)[C@@H](C)CN1c1ccc(P(C)(C)=O)cc1. The Bertz CT molecular complexity index is 1320. The van der Waals surface area contributed by atoms with Gasteiger partial charge in [0.25, 0.3) is 5.56 Å². The van der Waals surface area contributed by atoms with Gasteiger partial charge < -0.3 is 18.9 Å². The Kier molecular flexibility index (Phi) is 5.60. The van der Waals surface area contributed by atoms with Crippen molar-refractivity contribution in [3.05, 3.63) is 58.5 Å². The number of pyridine rings is 2. The van der Waals surface area contributed by atoms with Gasteiger partial charge in [0.1, 0.15) is 24.4 Å². The van der Waals surface area contributed by atoms with E-state index in [1.807, 2.05) is 24.3 Å². The van der Waals surface area contributed by atoms with Gasteiger partial charge in [-0.3, -0.25) is 4.79 Å². The number of anilines is 2. The van der Waals surface area contributed by atoms with Crippen LogP contribution in [0.4, 0.5) is 11.4 Å². The average Bonchev–Trinajstić information content (AvgIpc) is 2.76. The summed E-state index contributed by atoms with van der Waals surface area (Å²) < 4.78 is 13.9. The van der Waals surface area contributed by atoms with E-state index in [2.05, 4.69) is 34.7 Å². The fraction of sp³-hybridized carbons (Fsp3) is 0.375. The van der Waals surface area contributed by atoms with Gasteiger partial charge in [-0.25, -0.2) is 4.98 Å². The molecule has 1 aromatic carbocycles. The molecule has 2 aromatic heterocycles. The molecule has 3 aromatic rings. The Balaban J connectivity index is 1.69. The fourth-order valence-electron chi connectivity index (χ4n) is 4.42. The quantitative estimate of drug-likeness (QED) is 0.572. The Morgan fingerprint density at radius 1 is 1.03 bits per heavy atom. The summed E-state index contributed by atoms with van der Waals surface area (Å²) in [6, 6.07) is 15.5. The van der Waals surface area contributed by atoms with E-state index < -0.39 is 7.14 Å². The maximum absolute atomic E-state index is 12.6. The lowest BCUT2D eigenvalue weighted by Gasteiger charge is -2.46. The van der Waals surface area contributed by atoms with Crippen molar-refractivity contribution in [1.29, 1.82) is 5.26 Å². The molecule has 4 rings (SSSR count). The molecule has 0 N–H and O–H groups in total. The molecule has 32 heavy (non-hydrogen) atoms. The molecular weight excluding hydrogens is 421 g/mol. The van der Waals surface area contributed by atoms with E-state index >= 15 is 0 Å². The van der Waals surface area contributed by atoms with Crippen molar-refractivity contribution in [2.24, 2.45) is 7.05 Å². The Morgan fingerprint density at radius 2 is 1.66 bits per heavy atom. The summed E-state index contributed by atoms with van der Waals surface area (Å²) >= 11 is 0. The number of hydrogen-bond acceptors (Lipinski definition) is 6. The number of fused-ring (bicyclic) bond motifs is 1. The maximum atomic E-state index is 12.6. The monoisotopic (exact) mass is 449 g/mol. The predicted octanol–water partition coefficient (Wildman–Crippen LogP) is 3.16. The lowest BCUT2D eigenvalue weighted by molar-refractivity contribution is 0.481. The minimum absolute atomic E-state index is 0.0968. The second-order valence-electron chi connectivity index (χ2n) is 8.97. The van der Waals surface area contributed by atoms with Crippen molar-refractivity contribution >= 4 is 34.9 Å². The van der Waals surface area contributed by atoms with Crippen LogP contribution in [0.25, 0.3) is 11.0 Å². The molecule has 0 saturated carbocycles. The van der Waals surface area contributed by atoms with Crippen LogP contribution in [0.5, 0.6) is 0 Å². The number of hydrogen-bond donors (Lipinski definition) is 0. The van der Waals surface area contributed by atoms with Crippen LogP contribution < -0.4 is 20.7 Å². The van der Waals surface area contributed by atoms with E-state index in [0.717, 1.165) is 23.2 Å². The van der Waals surface area contributed by atoms with Crippen LogP contribution in [0.2, 0.25) is 0 Å². The van der Waals surface area contributed by atoms with Crippen molar-refractivity contribution in [3.8, 4) is 6.07 Å². The minimum Gasteiger partial charge on any atom is -0.365 e. The molecule has 1 saturated heterocycles. The number of nitriles is 1. The first-order chi connectivity index (χ1) is 15.1. The van der Waals surface area contributed by atoms with Crippen LogP contribution in [0.3, 0.4) is 0 Å². The Labute approximate surface area is 188 Å². The van der Waals surface area contributed by atoms with Crippen molar-refractivity contribution in [2.75, 3.05) is 36.2 Å². The average molecular weight is 449 g/mol. The van der Waals surface area contributed by atoms with Gasteiger partial charge in [0.2, 0.25) is 0 Å². The van der Waals surface area contributed by atoms with Gasteiger partial charge in [-0.1, -0.05) is 0 Å². The van der Waals surface area contributed by atoms with Crippen molar-refractivity contribution in [3.63, 3.8) is 0 Å². The molecule has 166 valence electrons. The summed E-state index contributed by atoms with van der Waals surface area (Å²) in [5.41, 5.74) is 3.49. The second kappa shape index (κ2) is 8.11. The van der Waals surface area contributed by atoms with Gasteiger partial charge in [-0.15, -0.1) is 0 Å². The lowest BCUT2D eigenvalue weighted by Crippen LogP contribution is -2.57. The largest absolute Gasteiger partial charge is 0.365 e. The normalized spacial score (nSPS) is 19.2. The van der Waals surface area contributed by atoms with Gasteiger partial charge in [0.15, 0.2) is 0 Å². The molecule has 0 amide bonds. The molecule has 0 radical (unpaired) electrons. The van der Waals surface area contributed by atoms with Gasteiger partial charge >= 0.3 is 0 Å². The second-order valence-corrected chi connectivity index (χ2v) is 12.2. The highest BCUT2D eigenvalue weighted by molar-refractivity contribution is 7.70. The molecule has 8 heteroatoms. The van der Waals surface area contributed by atoms with Gasteiger partial charge in [0.05, 0.1) is 11.2 Å². The maximum Gasteiger partial charge on any atom is 0.252 e. The van der Waals surface area contributed by atoms with Crippen LogP contribution in [-0.4, -0.2) is 48.1 Å². The van der Waals surface area contributed by atoms with E-state index in [1.165, 1.54) is 0 Å². The zero-order chi connectivity index (χ0) is 23.2. The van der Waals surface area contributed by atoms with Crippen molar-refractivity contribution < 1.29 is 4.57 Å². The van der Waals surface area contributed by atoms with Crippen LogP contribution in [0, 0.1) is 11.3 Å². The number of piperazine rings is 1. The number of rotatable bonds is 3. The summed E-state index contributed by atoms with van der Waals surface area (Å²) in [5, 5.41) is 10.2. The summed E-state index contributed by atoms with van der Waals surface area (Å²) in [6.45, 7) is 9.35. The Morgan fingerprint density at radius 3 is 2.28 bits per heavy atom. The third-order valence-electron chi connectivity index (χ3n) is 6.28. The zero-order valence-corrected chi connectivity index (χ0v) is 20.0. The predicted molar refractivity (Wildman–Crippen MR) is 131 cm³/mol. The Hall–Kier alpha value is -3.10. The number of aryl methyl sites for hydroxylation is 1. The van der Waals surface area contributed by atoms with Crippen LogP contribution in [0.1, 0.15) is 19.5 Å². The smallest absolute Gasteiger partial charge is 0.252 e. The zero-order valence-electron chi connectivity index (χ0n) is 19.1. The number of aromatic nitrogens is 2. The van der Waals surface area contributed by atoms with E-state index in [-0.39, 0.29) is 17.6 Å². The standard InChI is InChI=1S/C24H28N5O2P/c1-16-15-29(17(2)14-28(16)19-7-9-20(10-8-19)32(4,5)31)22-12-23(30)27(3)21-11-6-18(13-25)26-24(21)22/h6-12,16-17H,14-15H2,1-5H3/t16-,17+/m1/s1. The van der Waals surface area contributed by atoms with E-state index in [9.17, 15) is 14.6 Å². The van der Waals surface area contributed by atoms with Gasteiger partial charge in [0, 0.05) is 49.3 Å². The molecule has 3 heterocycles. The fourth-order valence-corrected chi connectivity index (χ4v) is 5.29. The first-order valence-corrected chi connectivity index (χ1v) is 13.3. The molecule has 0 aliphatic carbocycles. The lowest BCUT2D eigenvalue weighted by atomic mass is 10.1. The first kappa shape index (κ1) is 22.1. The van der Waals surface area contributed by atoms with E-state index in [0.29, 0.717) is 23.3 Å². The molecule has 1 fully saturated rings. The van der Waals surface area contributed by atoms with Crippen molar-refractivity contribution in [1.82, 2.24) is 9.55 Å². The highest BCUT2D eigenvalue weighted by atomic mass is 31.2. The molecule has 0 spiro atoms. The third-order valence-corrected chi connectivity index (χ3v) is 7.82. The molecule has 1 aliphatic rings. The van der Waals surface area contributed by atoms with Crippen LogP contribution in [-0.2, 0) is 11.6 Å². The van der Waals surface area contributed by atoms with Crippen LogP contribution in [0.15, 0.2) is 47.3 Å². The van der Waals surface area contributed by atoms with Crippen molar-refractivity contribution in [2.45, 2.75) is 25.9 Å². The summed E-state index contributed by atoms with van der Waals surface area (Å²) in [6.07, 6.45) is 0. The summed E-state index contributed by atoms with van der Waals surface area (Å²) in [5.74, 6) is 0. The van der Waals surface area contributed by atoms with Gasteiger partial charge in [-0.05, 0) is 63.6 Å². The van der Waals surface area contributed by atoms with Crippen LogP contribution >= 0.6 is 7.14 Å². The molecule has 0 unspecified atom stereocenters. The molecule has 1 aliphatic heterocycles. The highest BCUT2D eigenvalue weighted by Crippen LogP contribution is 2.36. The topological polar surface area (TPSA) is 82.2 Å². The van der Waals surface area contributed by atoms with E-state index in [4.69, 9.17) is 0 Å². The summed E-state index contributed by atoms with van der Waals surface area (Å²) in [7, 11) is -0.559. The highest BCUT2D eigenvalue weighted by Gasteiger charge is 2.31. The van der Waals surface area contributed by atoms with Gasteiger partial charge in [-0.2, -0.15) is 5.26 Å². The molecule has 0 bridgehead atoms.